The van der Waals surface area contributed by atoms with E-state index in [1.165, 1.54) is 6.92 Å². The number of carbonyl (C=O) groups excluding carboxylic acids is 2. The summed E-state index contributed by atoms with van der Waals surface area (Å²) in [5, 5.41) is 13.4. The summed E-state index contributed by atoms with van der Waals surface area (Å²) in [6, 6.07) is 3.87. The molecule has 38 heavy (non-hydrogen) atoms. The number of thioether (sulfide) groups is 1. The van der Waals surface area contributed by atoms with E-state index in [9.17, 15) is 14.7 Å². The van der Waals surface area contributed by atoms with Crippen LogP contribution >= 0.6 is 11.8 Å². The van der Waals surface area contributed by atoms with Crippen molar-refractivity contribution in [3.05, 3.63) is 40.8 Å². The van der Waals surface area contributed by atoms with Crippen molar-refractivity contribution >= 4 is 48.1 Å². The van der Waals surface area contributed by atoms with Gasteiger partial charge in [0.15, 0.2) is 23.0 Å². The molecule has 1 N–H and O–H groups in total. The number of methoxy groups -OCH3 is 2. The molecule has 0 aliphatic carbocycles. The van der Waals surface area contributed by atoms with Gasteiger partial charge in [-0.2, -0.15) is 0 Å². The molecule has 2 aromatic rings. The first-order chi connectivity index (χ1) is 17.8. The summed E-state index contributed by atoms with van der Waals surface area (Å²) in [4.78, 5) is 30.8. The molecule has 0 saturated heterocycles. The molecule has 1 aromatic carbocycles. The highest BCUT2D eigenvalue weighted by Crippen LogP contribution is 2.42. The van der Waals surface area contributed by atoms with Crippen LogP contribution in [-0.2, 0) is 20.7 Å². The number of hydrogen-bond donors (Lipinski definition) is 1. The zero-order valence-corrected chi connectivity index (χ0v) is 25.7. The van der Waals surface area contributed by atoms with Crippen LogP contribution in [-0.4, -0.2) is 55.1 Å². The standard InChI is InChI=1S/C29H39NO6SSi/c1-10-19-26(17(3)12-21-27(18(4)31)36-25(32)15-29(21,33)11-2)30-22-14-24(35-6)23(34-5)13-20(22)28(19)37-16-38(7,8)9/h12-14,33H,10-11,15-16H2,1-9H3/b17-12+/t29-/m1/s1. The zero-order chi connectivity index (χ0) is 28.4. The van der Waals surface area contributed by atoms with Crippen LogP contribution in [0.5, 0.6) is 11.5 Å². The molecule has 3 rings (SSSR count). The third-order valence-corrected chi connectivity index (χ3v) is 11.4. The van der Waals surface area contributed by atoms with Crippen LogP contribution in [0.2, 0.25) is 19.6 Å². The fourth-order valence-corrected chi connectivity index (χ4v) is 7.56. The summed E-state index contributed by atoms with van der Waals surface area (Å²) >= 11 is 1.84. The SMILES string of the molecule is CCc1c(/C(C)=C/C2=C(C(C)=O)OC(=O)C[C@]2(O)CC)nc2cc(OC)c(OC)cc2c1SC[Si](C)(C)C. The average Bonchev–Trinajstić information content (AvgIpc) is 2.86. The van der Waals surface area contributed by atoms with Crippen LogP contribution < -0.4 is 9.47 Å². The minimum Gasteiger partial charge on any atom is -0.493 e. The van der Waals surface area contributed by atoms with E-state index in [4.69, 9.17) is 19.2 Å². The van der Waals surface area contributed by atoms with Gasteiger partial charge in [-0.3, -0.25) is 9.59 Å². The maximum atomic E-state index is 12.4. The van der Waals surface area contributed by atoms with Crippen molar-refractivity contribution in [2.75, 3.05) is 19.6 Å². The molecule has 0 saturated carbocycles. The lowest BCUT2D eigenvalue weighted by Crippen LogP contribution is -2.39. The van der Waals surface area contributed by atoms with E-state index in [1.54, 1.807) is 27.2 Å². The monoisotopic (exact) mass is 557 g/mol. The number of aliphatic hydroxyl groups is 1. The summed E-state index contributed by atoms with van der Waals surface area (Å²) < 4.78 is 16.5. The molecule has 206 valence electrons. The van der Waals surface area contributed by atoms with Gasteiger partial charge in [-0.25, -0.2) is 4.98 Å². The number of fused-ring (bicyclic) bond motifs is 1. The molecule has 9 heteroatoms. The minimum atomic E-state index is -1.49. The summed E-state index contributed by atoms with van der Waals surface area (Å²) in [7, 11) is 1.84. The highest BCUT2D eigenvalue weighted by atomic mass is 32.2. The predicted molar refractivity (Wildman–Crippen MR) is 156 cm³/mol. The van der Waals surface area contributed by atoms with E-state index in [1.807, 2.05) is 30.8 Å². The Morgan fingerprint density at radius 3 is 2.34 bits per heavy atom. The highest BCUT2D eigenvalue weighted by molar-refractivity contribution is 8.01. The van der Waals surface area contributed by atoms with Crippen molar-refractivity contribution in [3.63, 3.8) is 0 Å². The predicted octanol–water partition coefficient (Wildman–Crippen LogP) is 6.12. The Morgan fingerprint density at radius 1 is 1.18 bits per heavy atom. The Bertz CT molecular complexity index is 1330. The van der Waals surface area contributed by atoms with E-state index in [2.05, 4.69) is 26.6 Å². The van der Waals surface area contributed by atoms with Gasteiger partial charge in [-0.05, 0) is 48.4 Å². The lowest BCUT2D eigenvalue weighted by Gasteiger charge is -2.33. The lowest BCUT2D eigenvalue weighted by molar-refractivity contribution is -0.149. The minimum absolute atomic E-state index is 0.108. The molecule has 0 unspecified atom stereocenters. The fourth-order valence-electron chi connectivity index (χ4n) is 4.52. The average molecular weight is 558 g/mol. The molecule has 7 nitrogen and oxygen atoms in total. The van der Waals surface area contributed by atoms with Crippen LogP contribution in [0.25, 0.3) is 16.5 Å². The maximum absolute atomic E-state index is 12.4. The number of rotatable bonds is 10. The second kappa shape index (κ2) is 11.6. The zero-order valence-electron chi connectivity index (χ0n) is 23.9. The molecule has 2 heterocycles. The maximum Gasteiger partial charge on any atom is 0.314 e. The van der Waals surface area contributed by atoms with Gasteiger partial charge in [-0.1, -0.05) is 33.5 Å². The fraction of sp³-hybridized carbons (Fsp3) is 0.483. The van der Waals surface area contributed by atoms with E-state index in [-0.39, 0.29) is 18.6 Å². The summed E-state index contributed by atoms with van der Waals surface area (Å²) in [5.74, 6) is 0.106. The number of cyclic esters (lactones) is 1. The normalized spacial score (nSPS) is 18.6. The van der Waals surface area contributed by atoms with Crippen LogP contribution in [0.1, 0.15) is 51.8 Å². The van der Waals surface area contributed by atoms with E-state index >= 15 is 0 Å². The van der Waals surface area contributed by atoms with Crippen molar-refractivity contribution in [1.29, 1.82) is 0 Å². The quantitative estimate of drug-likeness (QED) is 0.212. The molecule has 0 fully saturated rings. The number of aromatic nitrogens is 1. The van der Waals surface area contributed by atoms with Crippen LogP contribution in [0.3, 0.4) is 0 Å². The number of carbonyl (C=O) groups is 2. The molecule has 1 aliphatic rings. The number of ether oxygens (including phenoxy) is 3. The first-order valence-electron chi connectivity index (χ1n) is 12.9. The number of allylic oxidation sites excluding steroid dienone is 2. The molecular formula is C29H39NO6SSi. The Kier molecular flexibility index (Phi) is 9.16. The number of nitrogens with zero attached hydrogens (tertiary/aromatic N) is 1. The number of esters is 1. The molecule has 1 atom stereocenters. The second-order valence-corrected chi connectivity index (χ2v) is 17.8. The van der Waals surface area contributed by atoms with Crippen molar-refractivity contribution in [1.82, 2.24) is 4.98 Å². The number of Topliss-reactive ketones (excluding diaryl/α,β-unsaturated/α-hetero) is 1. The molecule has 0 radical (unpaired) electrons. The smallest absolute Gasteiger partial charge is 0.314 e. The van der Waals surface area contributed by atoms with Gasteiger partial charge in [0.25, 0.3) is 0 Å². The molecule has 0 spiro atoms. The molecule has 0 bridgehead atoms. The van der Waals surface area contributed by atoms with Gasteiger partial charge in [-0.15, -0.1) is 11.8 Å². The number of ketones is 1. The van der Waals surface area contributed by atoms with Crippen molar-refractivity contribution in [2.24, 2.45) is 0 Å². The van der Waals surface area contributed by atoms with E-state index in [0.29, 0.717) is 17.1 Å². The van der Waals surface area contributed by atoms with Crippen molar-refractivity contribution < 1.29 is 28.9 Å². The summed E-state index contributed by atoms with van der Waals surface area (Å²) in [6.45, 7) is 14.2. The van der Waals surface area contributed by atoms with Crippen LogP contribution in [0, 0.1) is 0 Å². The Hall–Kier alpha value is -2.62. The van der Waals surface area contributed by atoms with Crippen LogP contribution in [0.15, 0.2) is 34.4 Å². The molecular weight excluding hydrogens is 518 g/mol. The summed E-state index contributed by atoms with van der Waals surface area (Å²) in [6.07, 6.45) is 2.54. The van der Waals surface area contributed by atoms with Gasteiger partial charge < -0.3 is 19.3 Å². The van der Waals surface area contributed by atoms with Gasteiger partial charge in [0, 0.05) is 28.8 Å². The Labute approximate surface area is 230 Å². The van der Waals surface area contributed by atoms with Crippen molar-refractivity contribution in [3.8, 4) is 11.5 Å². The Balaban J connectivity index is 2.35. The lowest BCUT2D eigenvalue weighted by atomic mass is 9.83. The van der Waals surface area contributed by atoms with Gasteiger partial charge >= 0.3 is 5.97 Å². The first-order valence-corrected chi connectivity index (χ1v) is 17.6. The summed E-state index contributed by atoms with van der Waals surface area (Å²) in [5.41, 5.74) is 2.22. The largest absolute Gasteiger partial charge is 0.493 e. The van der Waals surface area contributed by atoms with Crippen molar-refractivity contribution in [2.45, 2.75) is 77.1 Å². The van der Waals surface area contributed by atoms with E-state index < -0.39 is 25.4 Å². The topological polar surface area (TPSA) is 95.0 Å². The number of hydrogen-bond acceptors (Lipinski definition) is 8. The molecule has 0 amide bonds. The highest BCUT2D eigenvalue weighted by Gasteiger charge is 2.41. The molecule has 1 aliphatic heterocycles. The van der Waals surface area contributed by atoms with Gasteiger partial charge in [0.05, 0.1) is 39.9 Å². The van der Waals surface area contributed by atoms with Crippen LogP contribution in [0.4, 0.5) is 0 Å². The second-order valence-electron chi connectivity index (χ2n) is 10.9. The Morgan fingerprint density at radius 2 is 1.82 bits per heavy atom. The first kappa shape index (κ1) is 29.9. The van der Waals surface area contributed by atoms with Gasteiger partial charge in [0.1, 0.15) is 5.60 Å². The molecule has 1 aromatic heterocycles. The van der Waals surface area contributed by atoms with Gasteiger partial charge in [0.2, 0.25) is 0 Å². The number of pyridine rings is 1. The number of benzene rings is 1. The third kappa shape index (κ3) is 6.16. The van der Waals surface area contributed by atoms with E-state index in [0.717, 1.165) is 44.4 Å². The third-order valence-electron chi connectivity index (χ3n) is 6.58.